The Morgan fingerprint density at radius 3 is 2.07 bits per heavy atom. The van der Waals surface area contributed by atoms with Crippen molar-refractivity contribution in [1.29, 1.82) is 0 Å². The molecule has 0 bridgehead atoms. The summed E-state index contributed by atoms with van der Waals surface area (Å²) in [6.07, 6.45) is 0.525. The maximum absolute atomic E-state index is 11.3. The van der Waals surface area contributed by atoms with Crippen molar-refractivity contribution in [2.75, 3.05) is 6.61 Å². The van der Waals surface area contributed by atoms with Gasteiger partial charge in [0.25, 0.3) is 0 Å². The molecule has 2 heteroatoms. The van der Waals surface area contributed by atoms with Crippen molar-refractivity contribution in [3.63, 3.8) is 0 Å². The molecule has 0 aliphatic rings. The van der Waals surface area contributed by atoms with Gasteiger partial charge in [-0.05, 0) is 17.3 Å². The van der Waals surface area contributed by atoms with Gasteiger partial charge in [0.15, 0.2) is 0 Å². The first-order valence-corrected chi connectivity index (χ1v) is 5.39. The van der Waals surface area contributed by atoms with Crippen molar-refractivity contribution in [2.45, 2.75) is 48.0 Å². The van der Waals surface area contributed by atoms with Crippen molar-refractivity contribution in [3.8, 4) is 0 Å². The number of rotatable bonds is 4. The highest BCUT2D eigenvalue weighted by Gasteiger charge is 2.21. The molecule has 0 radical (unpaired) electrons. The van der Waals surface area contributed by atoms with E-state index in [4.69, 9.17) is 4.74 Å². The van der Waals surface area contributed by atoms with E-state index in [2.05, 4.69) is 27.7 Å². The second kappa shape index (κ2) is 5.38. The first-order valence-electron chi connectivity index (χ1n) is 5.39. The average Bonchev–Trinajstić information content (AvgIpc) is 1.96. The van der Waals surface area contributed by atoms with E-state index in [1.807, 2.05) is 13.8 Å². The van der Waals surface area contributed by atoms with Crippen LogP contribution in [0.4, 0.5) is 0 Å². The predicted molar refractivity (Wildman–Crippen MR) is 59.0 cm³/mol. The molecule has 0 spiro atoms. The van der Waals surface area contributed by atoms with Gasteiger partial charge < -0.3 is 4.74 Å². The average molecular weight is 200 g/mol. The molecule has 0 aliphatic heterocycles. The number of esters is 1. The summed E-state index contributed by atoms with van der Waals surface area (Å²) in [7, 11) is 0. The van der Waals surface area contributed by atoms with Crippen LogP contribution in [0.3, 0.4) is 0 Å². The molecule has 0 fully saturated rings. The lowest BCUT2D eigenvalue weighted by atomic mass is 9.83. The van der Waals surface area contributed by atoms with Crippen molar-refractivity contribution >= 4 is 5.97 Å². The Bertz CT molecular complexity index is 177. The van der Waals surface area contributed by atoms with Gasteiger partial charge in [-0.25, -0.2) is 0 Å². The molecule has 0 aromatic rings. The molecular weight excluding hydrogens is 176 g/mol. The SMILES string of the molecule is CC(C)CC(=O)OCC(C)C(C)(C)C. The standard InChI is InChI=1S/C12H24O2/c1-9(2)7-11(13)14-8-10(3)12(4,5)6/h9-10H,7-8H2,1-6H3. The highest BCUT2D eigenvalue weighted by atomic mass is 16.5. The Hall–Kier alpha value is -0.530. The summed E-state index contributed by atoms with van der Waals surface area (Å²) in [5.74, 6) is 0.710. The smallest absolute Gasteiger partial charge is 0.306 e. The minimum atomic E-state index is -0.0731. The normalized spacial score (nSPS) is 14.2. The van der Waals surface area contributed by atoms with Crippen LogP contribution >= 0.6 is 0 Å². The van der Waals surface area contributed by atoms with Crippen LogP contribution in [-0.4, -0.2) is 12.6 Å². The molecule has 2 nitrogen and oxygen atoms in total. The molecule has 0 heterocycles. The molecule has 0 aromatic heterocycles. The van der Waals surface area contributed by atoms with Crippen LogP contribution in [0.15, 0.2) is 0 Å². The summed E-state index contributed by atoms with van der Waals surface area (Å²) in [4.78, 5) is 11.3. The zero-order valence-electron chi connectivity index (χ0n) is 10.4. The predicted octanol–water partition coefficient (Wildman–Crippen LogP) is 3.26. The van der Waals surface area contributed by atoms with E-state index in [-0.39, 0.29) is 11.4 Å². The summed E-state index contributed by atoms with van der Waals surface area (Å²) in [5, 5.41) is 0. The zero-order chi connectivity index (χ0) is 11.4. The quantitative estimate of drug-likeness (QED) is 0.651. The van der Waals surface area contributed by atoms with Gasteiger partial charge in [0.2, 0.25) is 0 Å². The molecule has 0 aromatic carbocycles. The number of ether oxygens (including phenoxy) is 1. The Morgan fingerprint density at radius 2 is 1.71 bits per heavy atom. The summed E-state index contributed by atoms with van der Waals surface area (Å²) < 4.78 is 5.20. The molecule has 1 unspecified atom stereocenters. The molecule has 0 N–H and O–H groups in total. The van der Waals surface area contributed by atoms with Crippen molar-refractivity contribution in [3.05, 3.63) is 0 Å². The number of hydrogen-bond donors (Lipinski definition) is 0. The van der Waals surface area contributed by atoms with E-state index in [9.17, 15) is 4.79 Å². The summed E-state index contributed by atoms with van der Waals surface area (Å²) >= 11 is 0. The van der Waals surface area contributed by atoms with Gasteiger partial charge in [0, 0.05) is 6.42 Å². The van der Waals surface area contributed by atoms with Gasteiger partial charge in [0.1, 0.15) is 0 Å². The third-order valence-corrected chi connectivity index (χ3v) is 2.55. The lowest BCUT2D eigenvalue weighted by Gasteiger charge is -2.26. The van der Waals surface area contributed by atoms with Gasteiger partial charge in [-0.2, -0.15) is 0 Å². The van der Waals surface area contributed by atoms with Crippen LogP contribution in [0.25, 0.3) is 0 Å². The first kappa shape index (κ1) is 13.5. The van der Waals surface area contributed by atoms with E-state index in [1.54, 1.807) is 0 Å². The van der Waals surface area contributed by atoms with E-state index in [0.717, 1.165) is 0 Å². The third kappa shape index (κ3) is 6.01. The minimum absolute atomic E-state index is 0.0731. The van der Waals surface area contributed by atoms with Gasteiger partial charge in [-0.1, -0.05) is 41.5 Å². The number of carbonyl (C=O) groups excluding carboxylic acids is 1. The van der Waals surface area contributed by atoms with E-state index < -0.39 is 0 Å². The lowest BCUT2D eigenvalue weighted by Crippen LogP contribution is -2.24. The van der Waals surface area contributed by atoms with Crippen LogP contribution in [0, 0.1) is 17.3 Å². The fourth-order valence-electron chi connectivity index (χ4n) is 0.860. The lowest BCUT2D eigenvalue weighted by molar-refractivity contribution is -0.146. The third-order valence-electron chi connectivity index (χ3n) is 2.55. The van der Waals surface area contributed by atoms with Crippen LogP contribution in [0.1, 0.15) is 48.0 Å². The minimum Gasteiger partial charge on any atom is -0.465 e. The summed E-state index contributed by atoms with van der Waals surface area (Å²) in [6.45, 7) is 13.2. The van der Waals surface area contributed by atoms with Crippen LogP contribution < -0.4 is 0 Å². The fourth-order valence-corrected chi connectivity index (χ4v) is 0.860. The first-order chi connectivity index (χ1) is 6.23. The summed E-state index contributed by atoms with van der Waals surface area (Å²) in [5.41, 5.74) is 0.206. The highest BCUT2D eigenvalue weighted by Crippen LogP contribution is 2.25. The van der Waals surface area contributed by atoms with Gasteiger partial charge in [-0.3, -0.25) is 4.79 Å². The molecular formula is C12H24O2. The fraction of sp³-hybridized carbons (Fsp3) is 0.917. The van der Waals surface area contributed by atoms with Gasteiger partial charge in [0.05, 0.1) is 6.61 Å². The van der Waals surface area contributed by atoms with Crippen molar-refractivity contribution < 1.29 is 9.53 Å². The molecule has 0 saturated heterocycles. The molecule has 1 atom stereocenters. The largest absolute Gasteiger partial charge is 0.465 e. The highest BCUT2D eigenvalue weighted by molar-refractivity contribution is 5.69. The van der Waals surface area contributed by atoms with E-state index in [0.29, 0.717) is 24.9 Å². The molecule has 14 heavy (non-hydrogen) atoms. The zero-order valence-corrected chi connectivity index (χ0v) is 10.4. The Balaban J connectivity index is 3.78. The van der Waals surface area contributed by atoms with Crippen LogP contribution in [0.2, 0.25) is 0 Å². The molecule has 0 amide bonds. The Labute approximate surface area is 88.0 Å². The second-order valence-electron chi connectivity index (χ2n) is 5.55. The molecule has 0 saturated carbocycles. The second-order valence-corrected chi connectivity index (χ2v) is 5.55. The Morgan fingerprint density at radius 1 is 1.21 bits per heavy atom. The van der Waals surface area contributed by atoms with Crippen molar-refractivity contribution in [2.24, 2.45) is 17.3 Å². The maximum Gasteiger partial charge on any atom is 0.306 e. The number of carbonyl (C=O) groups is 1. The van der Waals surface area contributed by atoms with Crippen LogP contribution in [0.5, 0.6) is 0 Å². The van der Waals surface area contributed by atoms with Crippen LogP contribution in [-0.2, 0) is 9.53 Å². The maximum atomic E-state index is 11.3. The Kier molecular flexibility index (Phi) is 5.17. The molecule has 0 aliphatic carbocycles. The summed E-state index contributed by atoms with van der Waals surface area (Å²) in [6, 6.07) is 0. The van der Waals surface area contributed by atoms with E-state index >= 15 is 0 Å². The molecule has 84 valence electrons. The van der Waals surface area contributed by atoms with Crippen molar-refractivity contribution in [1.82, 2.24) is 0 Å². The van der Waals surface area contributed by atoms with E-state index in [1.165, 1.54) is 0 Å². The van der Waals surface area contributed by atoms with Gasteiger partial charge in [-0.15, -0.1) is 0 Å². The van der Waals surface area contributed by atoms with Gasteiger partial charge >= 0.3 is 5.97 Å². The molecule has 0 rings (SSSR count). The monoisotopic (exact) mass is 200 g/mol. The topological polar surface area (TPSA) is 26.3 Å². The number of hydrogen-bond acceptors (Lipinski definition) is 2.